The zero-order chi connectivity index (χ0) is 74.9. The van der Waals surface area contributed by atoms with Gasteiger partial charge < -0.3 is 50.0 Å². The summed E-state index contributed by atoms with van der Waals surface area (Å²) in [5.41, 5.74) is 12.1. The number of aryl methyl sites for hydroxylation is 6. The van der Waals surface area contributed by atoms with E-state index in [4.69, 9.17) is 40.9 Å². The summed E-state index contributed by atoms with van der Waals surface area (Å²) >= 11 is 0. The maximum Gasteiger partial charge on any atom is 0.300 e. The predicted octanol–water partition coefficient (Wildman–Crippen LogP) is 11.4. The monoisotopic (exact) mass is 1560 g/mol. The van der Waals surface area contributed by atoms with Crippen LogP contribution in [0.4, 0.5) is 17.1 Å². The molecule has 4 aliphatic rings. The van der Waals surface area contributed by atoms with E-state index in [-0.39, 0.29) is 21.0 Å². The summed E-state index contributed by atoms with van der Waals surface area (Å²) in [5, 5.41) is 25.6. The minimum atomic E-state index is -3.92. The van der Waals surface area contributed by atoms with Crippen LogP contribution in [0.15, 0.2) is 171 Å². The van der Waals surface area contributed by atoms with Gasteiger partial charge >= 0.3 is 0 Å². The quantitative estimate of drug-likeness (QED) is 0.0139. The summed E-state index contributed by atoms with van der Waals surface area (Å²) in [7, 11) is -0.0120. The van der Waals surface area contributed by atoms with Gasteiger partial charge in [0.25, 0.3) is 5.97 Å². The number of aldehydes is 1. The fourth-order valence-corrected chi connectivity index (χ4v) is 13.9. The Hall–Kier alpha value is -6.66. The SMILES string of the molecule is C.C.C(=C\c1cc[n+](CCSSCC[n+]2ccc(/C=C/c3ccc(N4CCNCC4)cc3)cc2)cc1)/c1ccc(N2CCNCC2)cc1.C1CCCC1.CC(=O)O.CC(C)O.CS(=O)(=O)[O-].CS(=O)(=O)[O-].Cc1cc[n+](CCSSCC[n+]2ccc(C)cc2)cc1.O=Cc1ccc(N2CCNCC2)cc1. The molecule has 0 atom stereocenters. The van der Waals surface area contributed by atoms with E-state index in [1.807, 2.05) is 67.4 Å². The van der Waals surface area contributed by atoms with Crippen LogP contribution in [0.3, 0.4) is 0 Å². The molecular weight excluding hydrogens is 1440 g/mol. The van der Waals surface area contributed by atoms with E-state index in [1.165, 1.54) is 82.5 Å². The van der Waals surface area contributed by atoms with Crippen molar-refractivity contribution in [1.82, 2.24) is 16.0 Å². The molecule has 0 radical (unpaired) electrons. The molecule has 7 aromatic rings. The van der Waals surface area contributed by atoms with Crippen LogP contribution >= 0.6 is 43.2 Å². The van der Waals surface area contributed by atoms with Crippen LogP contribution in [0, 0.1) is 13.8 Å². The number of benzene rings is 3. The number of carbonyl (C=O) groups excluding carboxylic acids is 1. The van der Waals surface area contributed by atoms with E-state index < -0.39 is 26.2 Å². The lowest BCUT2D eigenvalue weighted by atomic mass is 10.1. The predicted molar refractivity (Wildman–Crippen MR) is 442 cm³/mol. The van der Waals surface area contributed by atoms with Gasteiger partial charge in [0, 0.05) is 175 Å². The molecule has 1 saturated carbocycles. The van der Waals surface area contributed by atoms with Crippen molar-refractivity contribution >= 4 is 117 Å². The molecule has 11 rings (SSSR count). The Morgan fingerprint density at radius 3 is 0.838 bits per heavy atom. The number of anilines is 3. The van der Waals surface area contributed by atoms with Crippen molar-refractivity contribution in [1.29, 1.82) is 0 Å². The average Bonchev–Trinajstić information content (AvgIpc) is 0.962. The molecule has 0 amide bonds. The number of carboxylic acids is 1. The first-order valence-corrected chi connectivity index (χ1v) is 43.6. The van der Waals surface area contributed by atoms with Crippen molar-refractivity contribution in [2.75, 3.05) is 129 Å². The Morgan fingerprint density at radius 1 is 0.438 bits per heavy atom. The van der Waals surface area contributed by atoms with Crippen LogP contribution in [0.2, 0.25) is 0 Å². The molecule has 105 heavy (non-hydrogen) atoms. The third kappa shape index (κ3) is 49.0. The summed E-state index contributed by atoms with van der Waals surface area (Å²) in [6, 6.07) is 43.0. The Morgan fingerprint density at radius 2 is 0.629 bits per heavy atom. The summed E-state index contributed by atoms with van der Waals surface area (Å²) in [5.74, 6) is 3.65. The standard InChI is InChI=1S/C38H46N6S2.C16H22N2S2.C11H14N2O.C5H10.C3H8O.C2H4O2.2CH4O3S.2CH4/c1(33-5-9-37(10-6-33)43-25-17-39-18-26-43)3-35-13-21-41(22-14-35)29-31-45-46-32-30-42-23-15-36(16-24-42)4-2-34-7-11-38(12-8-34)44-27-19-40-20-28-44;1-15-3-7-17(8-4-15)11-13-19-20-14-12-18-9-5-16(2)6-10-18;14-9-10-1-3-11(4-2-10)13-7-5-12-6-8-13;1-2-4-5-3-1;1-3(2)4;1-2(3)4;2*1-5(2,3)4;;/h1-16,21-24,39-40H,17-20,25-32H2;3-10H,11-14H2,1-2H3;1-4,9,12H,5-8H2;1-5H2;3-4H,1-2H3;1H3,(H,3,4);2*1H3,(H,2,3,4);2*1H4/q2*+2;;;;;;;;/p-2. The molecule has 3 saturated heterocycles. The summed E-state index contributed by atoms with van der Waals surface area (Å²) < 4.78 is 63.5. The second-order valence-electron chi connectivity index (χ2n) is 24.8. The number of carboxylic acid groups (broad SMARTS) is 1. The molecule has 3 aromatic carbocycles. The van der Waals surface area contributed by atoms with Crippen LogP contribution in [-0.4, -0.2) is 169 Å². The van der Waals surface area contributed by atoms with Crippen molar-refractivity contribution in [2.24, 2.45) is 0 Å². The van der Waals surface area contributed by atoms with E-state index in [2.05, 4.69) is 234 Å². The zero-order valence-electron chi connectivity index (χ0n) is 61.0. The second-order valence-corrected chi connectivity index (χ2v) is 33.0. The van der Waals surface area contributed by atoms with Gasteiger partial charge in [-0.25, -0.2) is 35.1 Å². The normalized spacial score (nSPS) is 14.0. The van der Waals surface area contributed by atoms with Crippen LogP contribution in [-0.2, 0) is 51.2 Å². The topological polar surface area (TPSA) is 250 Å². The average molecular weight is 1560 g/mol. The van der Waals surface area contributed by atoms with E-state index >= 15 is 0 Å². The lowest BCUT2D eigenvalue weighted by Crippen LogP contribution is -2.43. The highest BCUT2D eigenvalue weighted by Crippen LogP contribution is 2.23. The van der Waals surface area contributed by atoms with Crippen LogP contribution in [0.25, 0.3) is 24.3 Å². The maximum atomic E-state index is 10.5. The summed E-state index contributed by atoms with van der Waals surface area (Å²) in [6.07, 6.45) is 35.6. The number of nitrogens with one attached hydrogen (secondary N) is 3. The van der Waals surface area contributed by atoms with Crippen LogP contribution in [0.1, 0.15) is 111 Å². The summed E-state index contributed by atoms with van der Waals surface area (Å²) in [4.78, 5) is 26.7. The molecule has 0 unspecified atom stereocenters. The Balaban J connectivity index is 0.000000518. The molecule has 0 spiro atoms. The molecule has 7 heterocycles. The van der Waals surface area contributed by atoms with Gasteiger partial charge in [-0.05, 0) is 110 Å². The Bertz CT molecular complexity index is 3470. The number of rotatable bonds is 22. The third-order valence-electron chi connectivity index (χ3n) is 15.3. The van der Waals surface area contributed by atoms with E-state index in [9.17, 15) is 4.79 Å². The largest absolute Gasteiger partial charge is 0.748 e. The number of hydrogen-bond donors (Lipinski definition) is 5. The first-order chi connectivity index (χ1) is 49.4. The number of aromatic nitrogens is 4. The fraction of sp³-hybridized carbons (Fsp3) is 0.443. The van der Waals surface area contributed by atoms with Gasteiger partial charge in [-0.2, -0.15) is 0 Å². The Kier molecular flexibility index (Phi) is 50.1. The van der Waals surface area contributed by atoms with Gasteiger partial charge in [-0.15, -0.1) is 0 Å². The van der Waals surface area contributed by atoms with Crippen molar-refractivity contribution in [3.63, 3.8) is 0 Å². The number of piperazine rings is 3. The lowest BCUT2D eigenvalue weighted by molar-refractivity contribution is -0.692. The van der Waals surface area contributed by atoms with E-state index in [0.29, 0.717) is 12.5 Å². The van der Waals surface area contributed by atoms with Gasteiger partial charge in [0.2, 0.25) is 0 Å². The van der Waals surface area contributed by atoms with E-state index in [0.717, 1.165) is 147 Å². The fourth-order valence-electron chi connectivity index (χ4n) is 10.0. The molecule has 20 nitrogen and oxygen atoms in total. The maximum absolute atomic E-state index is 10.5. The molecule has 1 aliphatic carbocycles. The number of aliphatic hydroxyl groups excluding tert-OH is 1. The van der Waals surface area contributed by atoms with Crippen LogP contribution < -0.4 is 48.9 Å². The van der Waals surface area contributed by atoms with Gasteiger partial charge in [-0.3, -0.25) is 9.59 Å². The second kappa shape index (κ2) is 55.7. The highest BCUT2D eigenvalue weighted by molar-refractivity contribution is 8.77. The van der Waals surface area contributed by atoms with Crippen molar-refractivity contribution in [3.8, 4) is 0 Å². The number of carbonyl (C=O) groups is 2. The van der Waals surface area contributed by atoms with Crippen LogP contribution in [0.5, 0.6) is 0 Å². The van der Waals surface area contributed by atoms with Crippen molar-refractivity contribution < 1.29 is 64.0 Å². The number of nitrogens with zero attached hydrogens (tertiary/aromatic N) is 7. The molecular formula is C79H118N10O10S6+2. The number of hydrogen-bond acceptors (Lipinski definition) is 19. The third-order valence-corrected chi connectivity index (χ3v) is 20.0. The smallest absolute Gasteiger partial charge is 0.300 e. The van der Waals surface area contributed by atoms with Gasteiger partial charge in [0.15, 0.2) is 75.8 Å². The molecule has 26 heteroatoms. The van der Waals surface area contributed by atoms with E-state index in [1.54, 1.807) is 13.8 Å². The zero-order valence-corrected chi connectivity index (χ0v) is 65.9. The van der Waals surface area contributed by atoms with Crippen molar-refractivity contribution in [2.45, 2.75) is 114 Å². The first-order valence-electron chi connectivity index (χ1n) is 35.0. The van der Waals surface area contributed by atoms with Gasteiger partial charge in [0.05, 0.1) is 43.2 Å². The van der Waals surface area contributed by atoms with Gasteiger partial charge in [0.1, 0.15) is 6.29 Å². The minimum Gasteiger partial charge on any atom is -0.748 e. The highest BCUT2D eigenvalue weighted by atomic mass is 33.1. The lowest BCUT2D eigenvalue weighted by Gasteiger charge is -2.29. The molecule has 4 fully saturated rings. The highest BCUT2D eigenvalue weighted by Gasteiger charge is 2.13. The molecule has 4 aromatic heterocycles. The summed E-state index contributed by atoms with van der Waals surface area (Å²) in [6.45, 7) is 25.7. The Labute approximate surface area is 644 Å². The molecule has 578 valence electrons. The molecule has 0 bridgehead atoms. The van der Waals surface area contributed by atoms with Gasteiger partial charge in [-0.1, -0.05) is 139 Å². The van der Waals surface area contributed by atoms with Crippen molar-refractivity contribution in [3.05, 3.63) is 210 Å². The molecule has 5 N–H and O–H groups in total. The number of aliphatic carboxylic acids is 1. The number of aliphatic hydroxyl groups is 1. The number of pyridine rings is 4. The minimum absolute atomic E-state index is 0. The molecule has 3 aliphatic heterocycles. The first kappa shape index (κ1) is 94.4.